The highest BCUT2D eigenvalue weighted by Crippen LogP contribution is 2.45. The van der Waals surface area contributed by atoms with Gasteiger partial charge in [0, 0.05) is 55.1 Å². The van der Waals surface area contributed by atoms with Gasteiger partial charge in [-0.1, -0.05) is 60.7 Å². The number of fused-ring (bicyclic) bond motifs is 10. The number of methoxy groups -OCH3 is 2. The Morgan fingerprint density at radius 1 is 0.329 bits per heavy atom. The lowest BCUT2D eigenvalue weighted by Crippen LogP contribution is -2.05. The standard InChI is InChI=1S/C54H28F10N4O2/c1-69-35-13-5-9-23-7-3-11-25(37(23)35)39-27-15-19-31(65-27)41(43-45(55)49(59)53(63)50(60)46(43)56)33-21-17-29(67-33)40(26-12-4-8-24-10-6-14-36(70-2)38(24)26)30-18-22-34(68-30)42(32-20-16-28(39)66-32)44-47(57)51(61)54(64)52(62)48(44)58/h3-22,65,68H,1-2H3. The van der Waals surface area contributed by atoms with Crippen LogP contribution in [0.25, 0.3) is 112 Å². The number of H-pyrrole nitrogens is 2. The minimum atomic E-state index is -2.38. The van der Waals surface area contributed by atoms with Crippen LogP contribution < -0.4 is 9.47 Å². The Labute approximate surface area is 388 Å². The quantitative estimate of drug-likeness (QED) is 0.0989. The summed E-state index contributed by atoms with van der Waals surface area (Å²) in [6, 6.07) is 26.3. The monoisotopic (exact) mass is 954 g/mol. The first kappa shape index (κ1) is 43.9. The zero-order chi connectivity index (χ0) is 48.9. The van der Waals surface area contributed by atoms with E-state index in [-0.39, 0.29) is 56.0 Å². The molecule has 0 unspecified atom stereocenters. The van der Waals surface area contributed by atoms with Gasteiger partial charge in [-0.3, -0.25) is 0 Å². The van der Waals surface area contributed by atoms with E-state index in [9.17, 15) is 8.78 Å². The zero-order valence-electron chi connectivity index (χ0n) is 36.0. The Hall–Kier alpha value is -8.66. The number of rotatable bonds is 6. The lowest BCUT2D eigenvalue weighted by molar-refractivity contribution is 0.381. The topological polar surface area (TPSA) is 75.8 Å². The number of benzene rings is 6. The van der Waals surface area contributed by atoms with Crippen LogP contribution in [0.2, 0.25) is 0 Å². The van der Waals surface area contributed by atoms with Crippen LogP contribution in [0.5, 0.6) is 11.5 Å². The maximum atomic E-state index is 16.2. The average molecular weight is 955 g/mol. The van der Waals surface area contributed by atoms with E-state index in [1.807, 2.05) is 0 Å². The fraction of sp³-hybridized carbons (Fsp3) is 0.0370. The van der Waals surface area contributed by atoms with E-state index in [1.165, 1.54) is 62.8 Å². The summed E-state index contributed by atoms with van der Waals surface area (Å²) in [6.07, 6.45) is 5.47. The van der Waals surface area contributed by atoms with Crippen molar-refractivity contribution in [1.29, 1.82) is 0 Å². The minimum absolute atomic E-state index is 0.0312. The molecule has 2 N–H and O–H groups in total. The summed E-state index contributed by atoms with van der Waals surface area (Å²) in [5.41, 5.74) is -3.10. The van der Waals surface area contributed by atoms with Gasteiger partial charge < -0.3 is 19.4 Å². The molecule has 2 aliphatic heterocycles. The van der Waals surface area contributed by atoms with Gasteiger partial charge in [0.05, 0.1) is 48.1 Å². The Bertz CT molecular complexity index is 3680. The first-order chi connectivity index (χ1) is 33.8. The summed E-state index contributed by atoms with van der Waals surface area (Å²) in [5, 5.41) is 2.33. The molecule has 0 saturated heterocycles. The maximum absolute atomic E-state index is 16.2. The number of hydrogen-bond donors (Lipinski definition) is 2. The van der Waals surface area contributed by atoms with Crippen molar-refractivity contribution in [3.63, 3.8) is 0 Å². The second kappa shape index (κ2) is 16.5. The van der Waals surface area contributed by atoms with Gasteiger partial charge in [-0.05, 0) is 82.6 Å². The zero-order valence-corrected chi connectivity index (χ0v) is 36.0. The number of hydrogen-bond acceptors (Lipinski definition) is 4. The number of nitrogens with one attached hydrogen (secondary N) is 2. The van der Waals surface area contributed by atoms with Crippen molar-refractivity contribution in [3.05, 3.63) is 178 Å². The molecule has 0 saturated carbocycles. The molecule has 9 aromatic rings. The van der Waals surface area contributed by atoms with Gasteiger partial charge >= 0.3 is 0 Å². The van der Waals surface area contributed by atoms with Gasteiger partial charge in [0.15, 0.2) is 46.5 Å². The fourth-order valence-corrected chi connectivity index (χ4v) is 9.32. The van der Waals surface area contributed by atoms with Crippen LogP contribution in [-0.2, 0) is 0 Å². The number of nitrogens with zero attached hydrogens (tertiary/aromatic N) is 2. The van der Waals surface area contributed by atoms with E-state index in [4.69, 9.17) is 19.4 Å². The first-order valence-corrected chi connectivity index (χ1v) is 21.1. The smallest absolute Gasteiger partial charge is 0.200 e. The number of aromatic amines is 2. The van der Waals surface area contributed by atoms with E-state index in [1.54, 1.807) is 72.8 Å². The summed E-state index contributed by atoms with van der Waals surface area (Å²) >= 11 is 0. The Kier molecular flexibility index (Phi) is 10.4. The van der Waals surface area contributed by atoms with Crippen molar-refractivity contribution in [2.45, 2.75) is 0 Å². The normalized spacial score (nSPS) is 12.2. The van der Waals surface area contributed by atoms with Gasteiger partial charge in [-0.25, -0.2) is 53.9 Å². The molecule has 2 aliphatic rings. The Morgan fingerprint density at radius 2 is 0.614 bits per heavy atom. The molecule has 3 aromatic heterocycles. The largest absolute Gasteiger partial charge is 0.496 e. The third-order valence-corrected chi connectivity index (χ3v) is 12.4. The second-order valence-electron chi connectivity index (χ2n) is 16.1. The third-order valence-electron chi connectivity index (χ3n) is 12.4. The van der Waals surface area contributed by atoms with Crippen molar-refractivity contribution in [2.24, 2.45) is 0 Å². The summed E-state index contributed by atoms with van der Waals surface area (Å²) in [7, 11) is 2.87. The van der Waals surface area contributed by atoms with Crippen molar-refractivity contribution in [3.8, 4) is 56.0 Å². The molecule has 346 valence electrons. The van der Waals surface area contributed by atoms with Crippen LogP contribution in [0.1, 0.15) is 22.8 Å². The molecule has 0 amide bonds. The highest BCUT2D eigenvalue weighted by Gasteiger charge is 2.32. The molecule has 6 aromatic carbocycles. The second-order valence-corrected chi connectivity index (χ2v) is 16.1. The molecule has 0 radical (unpaired) electrons. The Morgan fingerprint density at radius 3 is 0.943 bits per heavy atom. The van der Waals surface area contributed by atoms with Gasteiger partial charge in [0.25, 0.3) is 0 Å². The lowest BCUT2D eigenvalue weighted by Gasteiger charge is -2.13. The molecule has 5 heterocycles. The van der Waals surface area contributed by atoms with E-state index in [0.29, 0.717) is 44.2 Å². The number of ether oxygens (including phenoxy) is 2. The molecule has 0 spiro atoms. The lowest BCUT2D eigenvalue weighted by atomic mass is 9.96. The fourth-order valence-electron chi connectivity index (χ4n) is 9.32. The van der Waals surface area contributed by atoms with Crippen LogP contribution in [0, 0.1) is 58.2 Å². The van der Waals surface area contributed by atoms with Crippen LogP contribution >= 0.6 is 0 Å². The van der Waals surface area contributed by atoms with Crippen LogP contribution in [-0.4, -0.2) is 34.2 Å². The van der Waals surface area contributed by atoms with E-state index >= 15 is 35.1 Å². The molecule has 11 rings (SSSR count). The van der Waals surface area contributed by atoms with E-state index in [0.717, 1.165) is 0 Å². The molecular formula is C54H28F10N4O2. The molecule has 70 heavy (non-hydrogen) atoms. The van der Waals surface area contributed by atoms with Gasteiger partial charge in [-0.15, -0.1) is 0 Å². The minimum Gasteiger partial charge on any atom is -0.496 e. The van der Waals surface area contributed by atoms with Crippen LogP contribution in [0.3, 0.4) is 0 Å². The first-order valence-electron chi connectivity index (χ1n) is 21.1. The third kappa shape index (κ3) is 6.57. The number of aromatic nitrogens is 4. The van der Waals surface area contributed by atoms with Crippen molar-refractivity contribution in [2.75, 3.05) is 14.2 Å². The highest BCUT2D eigenvalue weighted by molar-refractivity contribution is 6.09. The SMILES string of the molecule is COc1cccc2cccc(-c3c4nc(c(-c5c(F)c(F)c(F)c(F)c5F)c5ccc([nH]5)c(-c5cccc6cccc(OC)c56)c5nc(c(-c6c(F)c(F)c(F)c(F)c6F)c6ccc3[nH]6)C=C5)C=C4)c12. The maximum Gasteiger partial charge on any atom is 0.200 e. The summed E-state index contributed by atoms with van der Waals surface area (Å²) in [4.78, 5) is 15.8. The molecule has 0 aliphatic carbocycles. The molecule has 6 nitrogen and oxygen atoms in total. The van der Waals surface area contributed by atoms with Crippen molar-refractivity contribution < 1.29 is 53.4 Å². The molecule has 0 fully saturated rings. The predicted octanol–water partition coefficient (Wildman–Crippen LogP) is 15.0. The predicted molar refractivity (Wildman–Crippen MR) is 248 cm³/mol. The molecule has 8 bridgehead atoms. The van der Waals surface area contributed by atoms with Gasteiger partial charge in [0.1, 0.15) is 11.5 Å². The highest BCUT2D eigenvalue weighted by atomic mass is 19.2. The molecular weight excluding hydrogens is 927 g/mol. The Balaban J connectivity index is 1.40. The summed E-state index contributed by atoms with van der Waals surface area (Å²) in [6.45, 7) is 0. The average Bonchev–Trinajstić information content (AvgIpc) is 4.24. The number of halogens is 10. The van der Waals surface area contributed by atoms with Gasteiger partial charge in [0.2, 0.25) is 11.6 Å². The van der Waals surface area contributed by atoms with Crippen LogP contribution in [0.4, 0.5) is 43.9 Å². The van der Waals surface area contributed by atoms with E-state index in [2.05, 4.69) is 9.97 Å². The van der Waals surface area contributed by atoms with E-state index < -0.39 is 80.4 Å². The molecule has 0 atom stereocenters. The van der Waals surface area contributed by atoms with Crippen LogP contribution in [0.15, 0.2) is 97.1 Å². The summed E-state index contributed by atoms with van der Waals surface area (Å²) in [5.74, 6) is -21.4. The van der Waals surface area contributed by atoms with Gasteiger partial charge in [-0.2, -0.15) is 0 Å². The van der Waals surface area contributed by atoms with Crippen molar-refractivity contribution >= 4 is 67.9 Å². The molecule has 16 heteroatoms. The summed E-state index contributed by atoms with van der Waals surface area (Å²) < 4.78 is 167. The van der Waals surface area contributed by atoms with Crippen molar-refractivity contribution in [1.82, 2.24) is 19.9 Å².